The summed E-state index contributed by atoms with van der Waals surface area (Å²) >= 11 is 0. The van der Waals surface area contributed by atoms with E-state index in [0.29, 0.717) is 13.2 Å². The predicted molar refractivity (Wildman–Crippen MR) is 183 cm³/mol. The largest absolute Gasteiger partial charge is 0.465 e. The number of fused-ring (bicyclic) bond motifs is 8. The van der Waals surface area contributed by atoms with Crippen LogP contribution in [0.5, 0.6) is 0 Å². The van der Waals surface area contributed by atoms with Crippen molar-refractivity contribution in [2.45, 2.75) is 94.5 Å². The standard InChI is InChI=1S/C37H47N5O2/c1-10-24-21(7)30-16-34-26(12-3)23(9)36(42-34)28(18-38-19-35(43)44-14-5)37-27(13-4)22(8)31(41-37)17-33-25(11-2)20(6)29(39-33)15-32(24)40-30/h15-17,38-40H,10-14,18-19H2,1-9H3. The van der Waals surface area contributed by atoms with E-state index in [4.69, 9.17) is 14.7 Å². The first-order valence-corrected chi connectivity index (χ1v) is 16.2. The van der Waals surface area contributed by atoms with Crippen LogP contribution in [-0.2, 0) is 28.9 Å². The summed E-state index contributed by atoms with van der Waals surface area (Å²) in [6.07, 6.45) is 3.57. The van der Waals surface area contributed by atoms with Crippen LogP contribution in [0.2, 0.25) is 0 Å². The summed E-state index contributed by atoms with van der Waals surface area (Å²) in [5, 5.41) is 3.35. The molecule has 0 spiro atoms. The van der Waals surface area contributed by atoms with Gasteiger partial charge < -0.3 is 20.0 Å². The van der Waals surface area contributed by atoms with Gasteiger partial charge in [-0.1, -0.05) is 27.7 Å². The zero-order valence-electron chi connectivity index (χ0n) is 27.9. The van der Waals surface area contributed by atoms with Crippen LogP contribution < -0.4 is 5.32 Å². The van der Waals surface area contributed by atoms with E-state index in [1.807, 2.05) is 6.92 Å². The SMILES string of the molecule is CCOC(=O)CNCc1c2nc(cc3[nH]c(cc4[nH]c(cc5nc1C(CC)=C5C)c(CC)c4C)c(CC)c3C)C(CC)=C2C. The number of hydrogen-bond acceptors (Lipinski definition) is 5. The number of allylic oxidation sites excluding steroid dienone is 4. The van der Waals surface area contributed by atoms with Gasteiger partial charge in [-0.05, 0) is 123 Å². The van der Waals surface area contributed by atoms with Gasteiger partial charge in [0, 0.05) is 34.2 Å². The topological polar surface area (TPSA) is 95.7 Å². The van der Waals surface area contributed by atoms with E-state index in [2.05, 4.69) is 88.9 Å². The van der Waals surface area contributed by atoms with Gasteiger partial charge in [0.05, 0.1) is 35.9 Å². The van der Waals surface area contributed by atoms with E-state index < -0.39 is 0 Å². The lowest BCUT2D eigenvalue weighted by molar-refractivity contribution is -0.142. The molecule has 44 heavy (non-hydrogen) atoms. The first kappa shape index (κ1) is 31.5. The molecule has 0 radical (unpaired) electrons. The molecule has 0 unspecified atom stereocenters. The highest BCUT2D eigenvalue weighted by Crippen LogP contribution is 2.39. The molecule has 7 heteroatoms. The first-order chi connectivity index (χ1) is 21.2. The quantitative estimate of drug-likeness (QED) is 0.217. The number of carbonyl (C=O) groups excluding carboxylic acids is 1. The van der Waals surface area contributed by atoms with Crippen molar-refractivity contribution in [2.24, 2.45) is 0 Å². The number of aromatic nitrogens is 4. The maximum atomic E-state index is 12.3. The monoisotopic (exact) mass is 593 g/mol. The van der Waals surface area contributed by atoms with E-state index in [-0.39, 0.29) is 12.5 Å². The van der Waals surface area contributed by atoms with E-state index in [1.54, 1.807) is 0 Å². The van der Waals surface area contributed by atoms with Crippen molar-refractivity contribution in [1.29, 1.82) is 0 Å². The van der Waals surface area contributed by atoms with E-state index >= 15 is 0 Å². The van der Waals surface area contributed by atoms with Crippen LogP contribution in [-0.4, -0.2) is 39.1 Å². The summed E-state index contributed by atoms with van der Waals surface area (Å²) in [4.78, 5) is 30.4. The molecule has 2 aliphatic rings. The molecule has 0 fully saturated rings. The number of aromatic amines is 2. The van der Waals surface area contributed by atoms with Gasteiger partial charge in [0.15, 0.2) is 0 Å². The van der Waals surface area contributed by atoms with Gasteiger partial charge in [-0.25, -0.2) is 9.97 Å². The molecule has 8 bridgehead atoms. The van der Waals surface area contributed by atoms with Crippen molar-refractivity contribution in [1.82, 2.24) is 25.3 Å². The van der Waals surface area contributed by atoms with E-state index in [1.165, 1.54) is 39.0 Å². The summed E-state index contributed by atoms with van der Waals surface area (Å²) in [7, 11) is 0. The Kier molecular flexibility index (Phi) is 9.26. The number of esters is 1. The molecule has 3 aromatic rings. The molecule has 7 nitrogen and oxygen atoms in total. The van der Waals surface area contributed by atoms with Crippen molar-refractivity contribution < 1.29 is 9.53 Å². The zero-order chi connectivity index (χ0) is 31.7. The van der Waals surface area contributed by atoms with Crippen molar-refractivity contribution in [3.05, 3.63) is 68.8 Å². The summed E-state index contributed by atoms with van der Waals surface area (Å²) in [6, 6.07) is 6.70. The second-order valence-electron chi connectivity index (χ2n) is 11.7. The highest BCUT2D eigenvalue weighted by atomic mass is 16.5. The molecule has 3 aromatic heterocycles. The average Bonchev–Trinajstić information content (AvgIpc) is 3.67. The summed E-state index contributed by atoms with van der Waals surface area (Å²) in [5.74, 6) is -0.264. The van der Waals surface area contributed by atoms with Gasteiger partial charge in [-0.2, -0.15) is 0 Å². The van der Waals surface area contributed by atoms with Gasteiger partial charge in [-0.15, -0.1) is 0 Å². The molecule has 0 amide bonds. The van der Waals surface area contributed by atoms with Gasteiger partial charge in [0.25, 0.3) is 0 Å². The number of hydrogen-bond donors (Lipinski definition) is 3. The predicted octanol–water partition coefficient (Wildman–Crippen LogP) is 8.39. The number of aryl methyl sites for hydroxylation is 4. The average molecular weight is 594 g/mol. The normalized spacial score (nSPS) is 13.3. The minimum absolute atomic E-state index is 0.127. The lowest BCUT2D eigenvalue weighted by atomic mass is 9.96. The van der Waals surface area contributed by atoms with Crippen LogP contribution in [0.3, 0.4) is 0 Å². The lowest BCUT2D eigenvalue weighted by Gasteiger charge is -2.11. The van der Waals surface area contributed by atoms with Crippen LogP contribution >= 0.6 is 0 Å². The van der Waals surface area contributed by atoms with Crippen LogP contribution in [0.4, 0.5) is 0 Å². The number of nitrogens with zero attached hydrogens (tertiary/aromatic N) is 2. The van der Waals surface area contributed by atoms with Gasteiger partial charge >= 0.3 is 5.97 Å². The number of rotatable bonds is 9. The fourth-order valence-electron chi connectivity index (χ4n) is 6.90. The van der Waals surface area contributed by atoms with Crippen LogP contribution in [0.1, 0.15) is 112 Å². The highest BCUT2D eigenvalue weighted by Gasteiger charge is 2.25. The van der Waals surface area contributed by atoms with Gasteiger partial charge in [0.2, 0.25) is 0 Å². The third kappa shape index (κ3) is 5.54. The maximum absolute atomic E-state index is 12.3. The molecular formula is C37H47N5O2. The van der Waals surface area contributed by atoms with Crippen LogP contribution in [0.25, 0.3) is 44.4 Å². The van der Waals surface area contributed by atoms with E-state index in [9.17, 15) is 4.79 Å². The molecule has 0 saturated heterocycles. The molecule has 0 atom stereocenters. The number of ether oxygens (including phenoxy) is 1. The minimum atomic E-state index is -0.264. The Bertz CT molecular complexity index is 1850. The van der Waals surface area contributed by atoms with Crippen molar-refractivity contribution in [3.63, 3.8) is 0 Å². The number of nitrogens with one attached hydrogen (secondary N) is 3. The fraction of sp³-hybridized carbons (Fsp3) is 0.432. The molecule has 2 aliphatic heterocycles. The summed E-state index contributed by atoms with van der Waals surface area (Å²) < 4.78 is 5.20. The number of H-pyrrole nitrogens is 2. The first-order valence-electron chi connectivity index (χ1n) is 16.2. The van der Waals surface area contributed by atoms with Crippen molar-refractivity contribution in [2.75, 3.05) is 13.2 Å². The zero-order valence-corrected chi connectivity index (χ0v) is 27.9. The Morgan fingerprint density at radius 2 is 1.25 bits per heavy atom. The molecule has 232 valence electrons. The Hall–Kier alpha value is -3.97. The van der Waals surface area contributed by atoms with Gasteiger partial charge in [-0.3, -0.25) is 4.79 Å². The Morgan fingerprint density at radius 3 is 1.84 bits per heavy atom. The van der Waals surface area contributed by atoms with Crippen molar-refractivity contribution in [3.8, 4) is 0 Å². The molecule has 0 aromatic carbocycles. The van der Waals surface area contributed by atoms with Gasteiger partial charge in [0.1, 0.15) is 0 Å². The Morgan fingerprint density at radius 1 is 0.682 bits per heavy atom. The smallest absolute Gasteiger partial charge is 0.319 e. The van der Waals surface area contributed by atoms with E-state index in [0.717, 1.165) is 81.7 Å². The molecule has 0 saturated carbocycles. The van der Waals surface area contributed by atoms with Crippen LogP contribution in [0.15, 0.2) is 18.2 Å². The molecule has 3 N–H and O–H groups in total. The van der Waals surface area contributed by atoms with Crippen molar-refractivity contribution >= 4 is 50.3 Å². The second kappa shape index (κ2) is 12.9. The summed E-state index contributed by atoms with van der Waals surface area (Å²) in [5.41, 5.74) is 19.2. The second-order valence-corrected chi connectivity index (χ2v) is 11.7. The number of carbonyl (C=O) groups is 1. The molecular weight excluding hydrogens is 546 g/mol. The highest BCUT2D eigenvalue weighted by molar-refractivity contribution is 5.97. The fourth-order valence-corrected chi connectivity index (χ4v) is 6.90. The summed E-state index contributed by atoms with van der Waals surface area (Å²) in [6.45, 7) is 20.3. The lowest BCUT2D eigenvalue weighted by Crippen LogP contribution is -2.25. The minimum Gasteiger partial charge on any atom is -0.465 e. The van der Waals surface area contributed by atoms with Crippen LogP contribution in [0, 0.1) is 13.8 Å². The maximum Gasteiger partial charge on any atom is 0.319 e. The third-order valence-corrected chi connectivity index (χ3v) is 9.32. The molecule has 5 heterocycles. The third-order valence-electron chi connectivity index (χ3n) is 9.32. The molecule has 0 aliphatic carbocycles. The Balaban J connectivity index is 1.94. The molecule has 5 rings (SSSR count). The Labute approximate surface area is 261 Å².